The third kappa shape index (κ3) is 2.48. The van der Waals surface area contributed by atoms with E-state index in [2.05, 4.69) is 21.4 Å². The number of nitrogens with one attached hydrogen (secondary N) is 1. The molecule has 2 aromatic carbocycles. The van der Waals surface area contributed by atoms with Gasteiger partial charge in [-0.1, -0.05) is 12.1 Å². The molecule has 6 nitrogen and oxygen atoms in total. The highest BCUT2D eigenvalue weighted by Gasteiger charge is 2.13. The van der Waals surface area contributed by atoms with Crippen LogP contribution < -0.4 is 9.47 Å². The molecule has 0 bridgehead atoms. The Bertz CT molecular complexity index is 1000. The van der Waals surface area contributed by atoms with Crippen molar-refractivity contribution in [3.05, 3.63) is 55.0 Å². The van der Waals surface area contributed by atoms with Crippen molar-refractivity contribution >= 4 is 10.9 Å². The fraction of sp³-hybridized carbons (Fsp3) is 0.111. The van der Waals surface area contributed by atoms with Crippen LogP contribution in [0.15, 0.2) is 55.0 Å². The molecule has 0 aliphatic carbocycles. The van der Waals surface area contributed by atoms with Gasteiger partial charge < -0.3 is 9.47 Å². The van der Waals surface area contributed by atoms with Crippen molar-refractivity contribution in [1.29, 1.82) is 0 Å². The van der Waals surface area contributed by atoms with Crippen LogP contribution in [0.25, 0.3) is 22.0 Å². The lowest BCUT2D eigenvalue weighted by atomic mass is 10.0. The number of nitrogens with zero attached hydrogens (tertiary/aromatic N) is 3. The number of ether oxygens (including phenoxy) is 2. The number of H-pyrrole nitrogens is 1. The van der Waals surface area contributed by atoms with Crippen molar-refractivity contribution in [1.82, 2.24) is 20.0 Å². The van der Waals surface area contributed by atoms with Gasteiger partial charge in [0.2, 0.25) is 0 Å². The third-order valence-corrected chi connectivity index (χ3v) is 3.87. The van der Waals surface area contributed by atoms with Crippen LogP contribution in [-0.2, 0) is 7.05 Å². The molecule has 2 heterocycles. The standard InChI is InChI=1S/C18H16N4O2/c1-22-11-13(9-20-22)24-18-8-12(23-2)6-7-15(18)14-4-3-5-17-16(14)10-19-21-17/h3-11H,1-2H3,(H,19,21). The van der Waals surface area contributed by atoms with E-state index >= 15 is 0 Å². The van der Waals surface area contributed by atoms with Gasteiger partial charge in [-0.2, -0.15) is 10.2 Å². The van der Waals surface area contributed by atoms with Gasteiger partial charge in [0.25, 0.3) is 0 Å². The van der Waals surface area contributed by atoms with Crippen LogP contribution in [0.5, 0.6) is 17.2 Å². The van der Waals surface area contributed by atoms with E-state index in [0.717, 1.165) is 27.8 Å². The minimum Gasteiger partial charge on any atom is -0.497 e. The van der Waals surface area contributed by atoms with Crippen molar-refractivity contribution in [2.75, 3.05) is 7.11 Å². The number of fused-ring (bicyclic) bond motifs is 1. The summed E-state index contributed by atoms with van der Waals surface area (Å²) in [6.45, 7) is 0. The summed E-state index contributed by atoms with van der Waals surface area (Å²) in [5.41, 5.74) is 2.99. The van der Waals surface area contributed by atoms with Gasteiger partial charge in [0.15, 0.2) is 5.75 Å². The van der Waals surface area contributed by atoms with E-state index in [1.54, 1.807) is 18.0 Å². The highest BCUT2D eigenvalue weighted by atomic mass is 16.5. The van der Waals surface area contributed by atoms with Crippen molar-refractivity contribution in [3.63, 3.8) is 0 Å². The van der Waals surface area contributed by atoms with Crippen LogP contribution >= 0.6 is 0 Å². The largest absolute Gasteiger partial charge is 0.497 e. The number of methoxy groups -OCH3 is 1. The molecule has 0 atom stereocenters. The molecule has 4 aromatic rings. The average Bonchev–Trinajstić information content (AvgIpc) is 3.23. The topological polar surface area (TPSA) is 65.0 Å². The SMILES string of the molecule is COc1ccc(-c2cccc3[nH]ncc23)c(Oc2cnn(C)c2)c1. The summed E-state index contributed by atoms with van der Waals surface area (Å²) in [5, 5.41) is 12.3. The first-order valence-electron chi connectivity index (χ1n) is 7.51. The first kappa shape index (κ1) is 14.3. The summed E-state index contributed by atoms with van der Waals surface area (Å²) in [4.78, 5) is 0. The molecule has 2 aromatic heterocycles. The fourth-order valence-corrected chi connectivity index (χ4v) is 2.72. The monoisotopic (exact) mass is 320 g/mol. The molecule has 1 N–H and O–H groups in total. The summed E-state index contributed by atoms with van der Waals surface area (Å²) in [6.07, 6.45) is 5.33. The second kappa shape index (κ2) is 5.73. The quantitative estimate of drug-likeness (QED) is 0.622. The van der Waals surface area contributed by atoms with E-state index in [9.17, 15) is 0 Å². The maximum atomic E-state index is 6.06. The number of hydrogen-bond donors (Lipinski definition) is 1. The van der Waals surface area contributed by atoms with Crippen LogP contribution in [0.3, 0.4) is 0 Å². The van der Waals surface area contributed by atoms with Gasteiger partial charge in [-0.15, -0.1) is 0 Å². The molecule has 0 aliphatic rings. The van der Waals surface area contributed by atoms with Crippen LogP contribution in [0.2, 0.25) is 0 Å². The van der Waals surface area contributed by atoms with Crippen molar-refractivity contribution < 1.29 is 9.47 Å². The zero-order chi connectivity index (χ0) is 16.5. The maximum Gasteiger partial charge on any atom is 0.165 e. The highest BCUT2D eigenvalue weighted by molar-refractivity contribution is 5.96. The normalized spacial score (nSPS) is 10.9. The molecule has 0 saturated heterocycles. The number of benzene rings is 2. The van der Waals surface area contributed by atoms with Crippen LogP contribution in [-0.4, -0.2) is 27.1 Å². The zero-order valence-electron chi connectivity index (χ0n) is 13.4. The molecular weight excluding hydrogens is 304 g/mol. The van der Waals surface area contributed by atoms with E-state index < -0.39 is 0 Å². The van der Waals surface area contributed by atoms with Gasteiger partial charge >= 0.3 is 0 Å². The lowest BCUT2D eigenvalue weighted by Crippen LogP contribution is -1.91. The van der Waals surface area contributed by atoms with E-state index in [0.29, 0.717) is 11.5 Å². The number of aryl methyl sites for hydroxylation is 1. The Morgan fingerprint density at radius 1 is 1.04 bits per heavy atom. The Morgan fingerprint density at radius 2 is 1.96 bits per heavy atom. The first-order valence-corrected chi connectivity index (χ1v) is 7.51. The Kier molecular flexibility index (Phi) is 3.42. The highest BCUT2D eigenvalue weighted by Crippen LogP contribution is 2.38. The van der Waals surface area contributed by atoms with E-state index in [1.807, 2.05) is 49.8 Å². The second-order valence-electron chi connectivity index (χ2n) is 5.45. The molecule has 0 saturated carbocycles. The Hall–Kier alpha value is -3.28. The van der Waals surface area contributed by atoms with Crippen molar-refractivity contribution in [3.8, 4) is 28.4 Å². The fourth-order valence-electron chi connectivity index (χ4n) is 2.72. The lowest BCUT2D eigenvalue weighted by molar-refractivity contribution is 0.409. The molecule has 6 heteroatoms. The van der Waals surface area contributed by atoms with Crippen LogP contribution in [0.4, 0.5) is 0 Å². The zero-order valence-corrected chi connectivity index (χ0v) is 13.4. The van der Waals surface area contributed by atoms with Gasteiger partial charge in [0.1, 0.15) is 11.5 Å². The summed E-state index contributed by atoms with van der Waals surface area (Å²) in [5.74, 6) is 2.11. The predicted octanol–water partition coefficient (Wildman–Crippen LogP) is 3.76. The molecule has 0 amide bonds. The van der Waals surface area contributed by atoms with Gasteiger partial charge in [-0.25, -0.2) is 0 Å². The molecule has 0 unspecified atom stereocenters. The molecule has 0 radical (unpaired) electrons. The molecule has 24 heavy (non-hydrogen) atoms. The van der Waals surface area contributed by atoms with Crippen molar-refractivity contribution in [2.24, 2.45) is 7.05 Å². The Balaban J connectivity index is 1.86. The number of aromatic amines is 1. The second-order valence-corrected chi connectivity index (χ2v) is 5.45. The van der Waals surface area contributed by atoms with Gasteiger partial charge in [0.05, 0.1) is 31.2 Å². The van der Waals surface area contributed by atoms with Gasteiger partial charge in [-0.3, -0.25) is 9.78 Å². The summed E-state index contributed by atoms with van der Waals surface area (Å²) >= 11 is 0. The van der Waals surface area contributed by atoms with Gasteiger partial charge in [0, 0.05) is 24.1 Å². The van der Waals surface area contributed by atoms with Gasteiger partial charge in [-0.05, 0) is 23.8 Å². The minimum absolute atomic E-state index is 0.673. The minimum atomic E-state index is 0.673. The van der Waals surface area contributed by atoms with E-state index in [-0.39, 0.29) is 0 Å². The maximum absolute atomic E-state index is 6.06. The van der Waals surface area contributed by atoms with E-state index in [1.165, 1.54) is 0 Å². The molecule has 4 rings (SSSR count). The van der Waals surface area contributed by atoms with Crippen LogP contribution in [0, 0.1) is 0 Å². The predicted molar refractivity (Wildman–Crippen MR) is 91.4 cm³/mol. The first-order chi connectivity index (χ1) is 11.7. The average molecular weight is 320 g/mol. The number of hydrogen-bond acceptors (Lipinski definition) is 4. The number of aromatic nitrogens is 4. The van der Waals surface area contributed by atoms with Crippen molar-refractivity contribution in [2.45, 2.75) is 0 Å². The van der Waals surface area contributed by atoms with Crippen LogP contribution in [0.1, 0.15) is 0 Å². The molecule has 0 fully saturated rings. The summed E-state index contributed by atoms with van der Waals surface area (Å²) in [7, 11) is 3.49. The smallest absolute Gasteiger partial charge is 0.165 e. The third-order valence-electron chi connectivity index (χ3n) is 3.87. The molecule has 0 aliphatic heterocycles. The Labute approximate surface area is 138 Å². The molecule has 120 valence electrons. The summed E-state index contributed by atoms with van der Waals surface area (Å²) < 4.78 is 13.1. The van der Waals surface area contributed by atoms with E-state index in [4.69, 9.17) is 9.47 Å². The summed E-state index contributed by atoms with van der Waals surface area (Å²) in [6, 6.07) is 11.8. The molecule has 0 spiro atoms. The molecular formula is C18H16N4O2. The lowest BCUT2D eigenvalue weighted by Gasteiger charge is -2.12. The Morgan fingerprint density at radius 3 is 2.75 bits per heavy atom. The number of rotatable bonds is 4.